The Hall–Kier alpha value is -1.88. The van der Waals surface area contributed by atoms with Crippen LogP contribution in [0.1, 0.15) is 31.4 Å². The summed E-state index contributed by atoms with van der Waals surface area (Å²) >= 11 is 0. The highest BCUT2D eigenvalue weighted by atomic mass is 16.5. The molecule has 0 aliphatic heterocycles. The molecule has 5 heteroatoms. The number of aliphatic carboxylic acids is 1. The number of carbonyl (C=O) groups excluding carboxylic acids is 1. The van der Waals surface area contributed by atoms with Crippen LogP contribution in [-0.2, 0) is 27.2 Å². The first-order chi connectivity index (χ1) is 9.88. The van der Waals surface area contributed by atoms with Crippen molar-refractivity contribution < 1.29 is 19.4 Å². The molecule has 0 radical (unpaired) electrons. The van der Waals surface area contributed by atoms with E-state index >= 15 is 0 Å². The third kappa shape index (κ3) is 5.95. The van der Waals surface area contributed by atoms with E-state index in [1.54, 1.807) is 6.92 Å². The van der Waals surface area contributed by atoms with E-state index in [1.165, 1.54) is 12.7 Å². The summed E-state index contributed by atoms with van der Waals surface area (Å²) in [4.78, 5) is 23.0. The first-order valence-corrected chi connectivity index (χ1v) is 6.98. The molecule has 1 unspecified atom stereocenters. The lowest BCUT2D eigenvalue weighted by atomic mass is 9.98. The molecule has 2 N–H and O–H groups in total. The standard InChI is InChI=1S/C16H23NO4/c1-4-12-6-5-7-13(8-12)9-14(18)17-16(2,11-21-3)10-15(19)20/h5-8H,4,9-11H2,1-3H3,(H,17,18)(H,19,20). The lowest BCUT2D eigenvalue weighted by Crippen LogP contribution is -2.51. The monoisotopic (exact) mass is 293 g/mol. The minimum Gasteiger partial charge on any atom is -0.481 e. The van der Waals surface area contributed by atoms with Crippen molar-refractivity contribution >= 4 is 11.9 Å². The normalized spacial score (nSPS) is 13.5. The second-order valence-corrected chi connectivity index (χ2v) is 5.46. The summed E-state index contributed by atoms with van der Waals surface area (Å²) in [6.45, 7) is 3.88. The van der Waals surface area contributed by atoms with Gasteiger partial charge in [-0.25, -0.2) is 0 Å². The highest BCUT2D eigenvalue weighted by molar-refractivity contribution is 5.80. The second-order valence-electron chi connectivity index (χ2n) is 5.46. The highest BCUT2D eigenvalue weighted by Crippen LogP contribution is 2.12. The number of carbonyl (C=O) groups is 2. The molecule has 1 atom stereocenters. The van der Waals surface area contributed by atoms with Gasteiger partial charge in [0.25, 0.3) is 0 Å². The maximum absolute atomic E-state index is 12.1. The molecule has 0 aliphatic rings. The first kappa shape index (κ1) is 17.2. The zero-order valence-corrected chi connectivity index (χ0v) is 12.8. The number of nitrogens with one attached hydrogen (secondary N) is 1. The molecule has 0 aliphatic carbocycles. The van der Waals surface area contributed by atoms with Gasteiger partial charge in [-0.2, -0.15) is 0 Å². The van der Waals surface area contributed by atoms with Gasteiger partial charge in [0.15, 0.2) is 0 Å². The molecular weight excluding hydrogens is 270 g/mol. The molecule has 116 valence electrons. The summed E-state index contributed by atoms with van der Waals surface area (Å²) < 4.78 is 5.02. The topological polar surface area (TPSA) is 75.6 Å². The van der Waals surface area contributed by atoms with Gasteiger partial charge in [0.05, 0.1) is 25.0 Å². The predicted molar refractivity (Wildman–Crippen MR) is 80.2 cm³/mol. The third-order valence-corrected chi connectivity index (χ3v) is 3.21. The van der Waals surface area contributed by atoms with Gasteiger partial charge in [0.2, 0.25) is 5.91 Å². The average Bonchev–Trinajstić information content (AvgIpc) is 2.37. The number of amides is 1. The van der Waals surface area contributed by atoms with E-state index in [0.29, 0.717) is 0 Å². The van der Waals surface area contributed by atoms with E-state index < -0.39 is 11.5 Å². The predicted octanol–water partition coefficient (Wildman–Crippen LogP) is 1.79. The van der Waals surface area contributed by atoms with E-state index in [-0.39, 0.29) is 25.4 Å². The molecule has 1 amide bonds. The van der Waals surface area contributed by atoms with Crippen LogP contribution in [0, 0.1) is 0 Å². The highest BCUT2D eigenvalue weighted by Gasteiger charge is 2.29. The van der Waals surface area contributed by atoms with Gasteiger partial charge < -0.3 is 15.2 Å². The number of hydrogen-bond acceptors (Lipinski definition) is 3. The van der Waals surface area contributed by atoms with Crippen molar-refractivity contribution in [1.82, 2.24) is 5.32 Å². The van der Waals surface area contributed by atoms with Crippen molar-refractivity contribution in [3.8, 4) is 0 Å². The molecule has 21 heavy (non-hydrogen) atoms. The van der Waals surface area contributed by atoms with Gasteiger partial charge in [-0.05, 0) is 24.5 Å². The van der Waals surface area contributed by atoms with Crippen LogP contribution in [-0.4, -0.2) is 36.2 Å². The quantitative estimate of drug-likeness (QED) is 0.766. The van der Waals surface area contributed by atoms with Crippen LogP contribution in [0.3, 0.4) is 0 Å². The van der Waals surface area contributed by atoms with Crippen LogP contribution in [0.2, 0.25) is 0 Å². The third-order valence-electron chi connectivity index (χ3n) is 3.21. The van der Waals surface area contributed by atoms with Gasteiger partial charge >= 0.3 is 5.97 Å². The van der Waals surface area contributed by atoms with Crippen molar-refractivity contribution in [2.24, 2.45) is 0 Å². The Labute approximate surface area is 125 Å². The number of rotatable bonds is 8. The van der Waals surface area contributed by atoms with Crippen molar-refractivity contribution in [3.05, 3.63) is 35.4 Å². The van der Waals surface area contributed by atoms with Crippen LogP contribution in [0.25, 0.3) is 0 Å². The van der Waals surface area contributed by atoms with Crippen molar-refractivity contribution in [3.63, 3.8) is 0 Å². The molecule has 0 bridgehead atoms. The van der Waals surface area contributed by atoms with E-state index in [2.05, 4.69) is 12.2 Å². The van der Waals surface area contributed by atoms with Gasteiger partial charge in [-0.15, -0.1) is 0 Å². The summed E-state index contributed by atoms with van der Waals surface area (Å²) in [5.74, 6) is -1.17. The van der Waals surface area contributed by atoms with Crippen LogP contribution in [0.15, 0.2) is 24.3 Å². The molecule has 0 spiro atoms. The molecule has 0 aromatic heterocycles. The van der Waals surface area contributed by atoms with E-state index in [1.807, 2.05) is 24.3 Å². The van der Waals surface area contributed by atoms with Crippen molar-refractivity contribution in [1.29, 1.82) is 0 Å². The molecule has 0 fully saturated rings. The fourth-order valence-electron chi connectivity index (χ4n) is 2.31. The SMILES string of the molecule is CCc1cccc(CC(=O)NC(C)(COC)CC(=O)O)c1. The van der Waals surface area contributed by atoms with Crippen LogP contribution < -0.4 is 5.32 Å². The zero-order valence-electron chi connectivity index (χ0n) is 12.8. The number of methoxy groups -OCH3 is 1. The van der Waals surface area contributed by atoms with Gasteiger partial charge in [0, 0.05) is 7.11 Å². The average molecular weight is 293 g/mol. The number of benzene rings is 1. The number of carboxylic acid groups (broad SMARTS) is 1. The van der Waals surface area contributed by atoms with Gasteiger partial charge in [0.1, 0.15) is 0 Å². The Balaban J connectivity index is 2.71. The summed E-state index contributed by atoms with van der Waals surface area (Å²) in [7, 11) is 1.48. The van der Waals surface area contributed by atoms with Crippen LogP contribution in [0.5, 0.6) is 0 Å². The maximum Gasteiger partial charge on any atom is 0.305 e. The molecular formula is C16H23NO4. The zero-order chi connectivity index (χ0) is 15.9. The summed E-state index contributed by atoms with van der Waals surface area (Å²) in [6.07, 6.45) is 0.963. The maximum atomic E-state index is 12.1. The fourth-order valence-corrected chi connectivity index (χ4v) is 2.31. The smallest absolute Gasteiger partial charge is 0.305 e. The molecule has 0 heterocycles. The Bertz CT molecular complexity index is 501. The summed E-state index contributed by atoms with van der Waals surface area (Å²) in [6, 6.07) is 7.82. The Morgan fingerprint density at radius 2 is 2.00 bits per heavy atom. The molecule has 0 saturated heterocycles. The largest absolute Gasteiger partial charge is 0.481 e. The van der Waals surface area contributed by atoms with E-state index in [4.69, 9.17) is 9.84 Å². The molecule has 1 aromatic rings. The van der Waals surface area contributed by atoms with Gasteiger partial charge in [-0.3, -0.25) is 9.59 Å². The minimum absolute atomic E-state index is 0.153. The lowest BCUT2D eigenvalue weighted by molar-refractivity contribution is -0.139. The number of carboxylic acids is 1. The number of aryl methyl sites for hydroxylation is 1. The van der Waals surface area contributed by atoms with E-state index in [9.17, 15) is 9.59 Å². The molecule has 1 aromatic carbocycles. The Morgan fingerprint density at radius 3 is 2.57 bits per heavy atom. The second kappa shape index (κ2) is 7.78. The Kier molecular flexibility index (Phi) is 6.37. The van der Waals surface area contributed by atoms with Crippen LogP contribution >= 0.6 is 0 Å². The summed E-state index contributed by atoms with van der Waals surface area (Å²) in [5, 5.41) is 11.7. The first-order valence-electron chi connectivity index (χ1n) is 6.98. The van der Waals surface area contributed by atoms with Gasteiger partial charge in [-0.1, -0.05) is 31.2 Å². The molecule has 0 saturated carbocycles. The lowest BCUT2D eigenvalue weighted by Gasteiger charge is -2.28. The Morgan fingerprint density at radius 1 is 1.33 bits per heavy atom. The number of ether oxygens (including phenoxy) is 1. The molecule has 1 rings (SSSR count). The van der Waals surface area contributed by atoms with Crippen molar-refractivity contribution in [2.75, 3.05) is 13.7 Å². The van der Waals surface area contributed by atoms with E-state index in [0.717, 1.165) is 12.0 Å². The summed E-state index contributed by atoms with van der Waals surface area (Å²) in [5.41, 5.74) is 1.19. The van der Waals surface area contributed by atoms with Crippen molar-refractivity contribution in [2.45, 2.75) is 38.6 Å². The minimum atomic E-state index is -0.970. The van der Waals surface area contributed by atoms with Crippen LogP contribution in [0.4, 0.5) is 0 Å². The molecule has 5 nitrogen and oxygen atoms in total. The fraction of sp³-hybridized carbons (Fsp3) is 0.500. The number of hydrogen-bond donors (Lipinski definition) is 2.